The van der Waals surface area contributed by atoms with Crippen molar-refractivity contribution < 1.29 is 4.74 Å². The van der Waals surface area contributed by atoms with E-state index >= 15 is 0 Å². The molecule has 1 atom stereocenters. The molecule has 1 unspecified atom stereocenters. The van der Waals surface area contributed by atoms with Gasteiger partial charge in [0.05, 0.1) is 7.11 Å². The normalized spacial score (nSPS) is 12.2. The zero-order valence-electron chi connectivity index (χ0n) is 10.9. The topological polar surface area (TPSA) is 35.2 Å². The van der Waals surface area contributed by atoms with Crippen LogP contribution in [-0.2, 0) is 6.42 Å². The van der Waals surface area contributed by atoms with Gasteiger partial charge in [0.2, 0.25) is 0 Å². The van der Waals surface area contributed by atoms with E-state index in [4.69, 9.17) is 10.5 Å². The maximum atomic E-state index is 6.26. The molecule has 94 valence electrons. The van der Waals surface area contributed by atoms with Crippen molar-refractivity contribution in [2.24, 2.45) is 5.73 Å². The summed E-state index contributed by atoms with van der Waals surface area (Å²) in [7, 11) is 1.67. The first-order valence-electron chi connectivity index (χ1n) is 6.14. The van der Waals surface area contributed by atoms with Crippen LogP contribution in [0.25, 0.3) is 0 Å². The minimum Gasteiger partial charge on any atom is -0.497 e. The first-order valence-corrected chi connectivity index (χ1v) is 6.14. The molecule has 0 amide bonds. The Morgan fingerprint density at radius 3 is 2.61 bits per heavy atom. The SMILES string of the molecule is COc1cccc(C(N)Cc2ccccc2C)c1. The molecule has 2 aromatic carbocycles. The van der Waals surface area contributed by atoms with Gasteiger partial charge in [-0.1, -0.05) is 36.4 Å². The van der Waals surface area contributed by atoms with Crippen LogP contribution in [0, 0.1) is 6.92 Å². The summed E-state index contributed by atoms with van der Waals surface area (Å²) in [5.41, 5.74) is 9.96. The van der Waals surface area contributed by atoms with Crippen molar-refractivity contribution in [2.75, 3.05) is 7.11 Å². The molecular formula is C16H19NO. The highest BCUT2D eigenvalue weighted by Crippen LogP contribution is 2.21. The second-order valence-corrected chi connectivity index (χ2v) is 4.51. The number of methoxy groups -OCH3 is 1. The van der Waals surface area contributed by atoms with Crippen LogP contribution in [0.5, 0.6) is 5.75 Å². The van der Waals surface area contributed by atoms with Gasteiger partial charge in [0.1, 0.15) is 5.75 Å². The Morgan fingerprint density at radius 2 is 1.89 bits per heavy atom. The second kappa shape index (κ2) is 5.69. The van der Waals surface area contributed by atoms with E-state index in [0.29, 0.717) is 0 Å². The quantitative estimate of drug-likeness (QED) is 0.891. The fourth-order valence-corrected chi connectivity index (χ4v) is 2.07. The highest BCUT2D eigenvalue weighted by Gasteiger charge is 2.09. The smallest absolute Gasteiger partial charge is 0.119 e. The van der Waals surface area contributed by atoms with Gasteiger partial charge in [-0.05, 0) is 42.2 Å². The third-order valence-electron chi connectivity index (χ3n) is 3.22. The number of hydrogen-bond donors (Lipinski definition) is 1. The molecule has 2 nitrogen and oxygen atoms in total. The molecule has 0 aliphatic heterocycles. The third kappa shape index (κ3) is 2.90. The predicted molar refractivity (Wildman–Crippen MR) is 74.8 cm³/mol. The van der Waals surface area contributed by atoms with E-state index in [1.54, 1.807) is 7.11 Å². The van der Waals surface area contributed by atoms with E-state index in [1.807, 2.05) is 24.3 Å². The molecule has 2 aromatic rings. The summed E-state index contributed by atoms with van der Waals surface area (Å²) in [4.78, 5) is 0. The molecule has 0 saturated heterocycles. The first-order chi connectivity index (χ1) is 8.70. The van der Waals surface area contributed by atoms with Gasteiger partial charge >= 0.3 is 0 Å². The molecule has 2 heteroatoms. The molecule has 2 N–H and O–H groups in total. The zero-order chi connectivity index (χ0) is 13.0. The van der Waals surface area contributed by atoms with Gasteiger partial charge in [-0.15, -0.1) is 0 Å². The van der Waals surface area contributed by atoms with Gasteiger partial charge in [0.25, 0.3) is 0 Å². The first kappa shape index (κ1) is 12.7. The maximum absolute atomic E-state index is 6.26. The second-order valence-electron chi connectivity index (χ2n) is 4.51. The fourth-order valence-electron chi connectivity index (χ4n) is 2.07. The standard InChI is InChI=1S/C16H19NO/c1-12-6-3-4-7-13(12)11-16(17)14-8-5-9-15(10-14)18-2/h3-10,16H,11,17H2,1-2H3. The number of hydrogen-bond acceptors (Lipinski definition) is 2. The number of rotatable bonds is 4. The molecule has 0 fully saturated rings. The predicted octanol–water partition coefficient (Wildman–Crippen LogP) is 3.25. The Morgan fingerprint density at radius 1 is 1.11 bits per heavy atom. The maximum Gasteiger partial charge on any atom is 0.119 e. The largest absolute Gasteiger partial charge is 0.497 e. The number of aryl methyl sites for hydroxylation is 1. The van der Waals surface area contributed by atoms with Crippen molar-refractivity contribution in [3.05, 3.63) is 65.2 Å². The molecule has 0 aliphatic rings. The lowest BCUT2D eigenvalue weighted by Crippen LogP contribution is -2.14. The van der Waals surface area contributed by atoms with Crippen molar-refractivity contribution in [3.8, 4) is 5.75 Å². The van der Waals surface area contributed by atoms with Crippen LogP contribution in [0.3, 0.4) is 0 Å². The lowest BCUT2D eigenvalue weighted by molar-refractivity contribution is 0.414. The number of benzene rings is 2. The molecule has 0 radical (unpaired) electrons. The molecule has 0 heterocycles. The van der Waals surface area contributed by atoms with Gasteiger partial charge in [0.15, 0.2) is 0 Å². The average molecular weight is 241 g/mol. The summed E-state index contributed by atoms with van der Waals surface area (Å²) >= 11 is 0. The highest BCUT2D eigenvalue weighted by molar-refractivity contribution is 5.33. The average Bonchev–Trinajstić information content (AvgIpc) is 2.41. The minimum atomic E-state index is 0.00111. The number of ether oxygens (including phenoxy) is 1. The Labute approximate surface area is 108 Å². The van der Waals surface area contributed by atoms with Crippen molar-refractivity contribution in [2.45, 2.75) is 19.4 Å². The monoisotopic (exact) mass is 241 g/mol. The van der Waals surface area contributed by atoms with Crippen LogP contribution in [0.2, 0.25) is 0 Å². The zero-order valence-corrected chi connectivity index (χ0v) is 10.9. The van der Waals surface area contributed by atoms with E-state index in [-0.39, 0.29) is 6.04 Å². The van der Waals surface area contributed by atoms with E-state index in [9.17, 15) is 0 Å². The van der Waals surface area contributed by atoms with Gasteiger partial charge in [-0.3, -0.25) is 0 Å². The van der Waals surface area contributed by atoms with Gasteiger partial charge in [-0.25, -0.2) is 0 Å². The van der Waals surface area contributed by atoms with Crippen molar-refractivity contribution in [3.63, 3.8) is 0 Å². The highest BCUT2D eigenvalue weighted by atomic mass is 16.5. The summed E-state index contributed by atoms with van der Waals surface area (Å²) in [6.07, 6.45) is 0.847. The molecule has 0 aromatic heterocycles. The molecule has 0 aliphatic carbocycles. The van der Waals surface area contributed by atoms with Crippen LogP contribution >= 0.6 is 0 Å². The molecule has 0 bridgehead atoms. The summed E-state index contributed by atoms with van der Waals surface area (Å²) < 4.78 is 5.22. The van der Waals surface area contributed by atoms with Crippen LogP contribution in [0.15, 0.2) is 48.5 Å². The summed E-state index contributed by atoms with van der Waals surface area (Å²) in [5, 5.41) is 0. The Balaban J connectivity index is 2.16. The Kier molecular flexibility index (Phi) is 4.00. The molecule has 0 saturated carbocycles. The molecule has 0 spiro atoms. The van der Waals surface area contributed by atoms with Crippen LogP contribution < -0.4 is 10.5 Å². The summed E-state index contributed by atoms with van der Waals surface area (Å²) in [5.74, 6) is 0.854. The lowest BCUT2D eigenvalue weighted by atomic mass is 9.97. The lowest BCUT2D eigenvalue weighted by Gasteiger charge is -2.14. The Hall–Kier alpha value is -1.80. The van der Waals surface area contributed by atoms with Gasteiger partial charge < -0.3 is 10.5 Å². The molecular weight excluding hydrogens is 222 g/mol. The van der Waals surface area contributed by atoms with E-state index in [1.165, 1.54) is 11.1 Å². The van der Waals surface area contributed by atoms with E-state index in [2.05, 4.69) is 31.2 Å². The summed E-state index contributed by atoms with van der Waals surface area (Å²) in [6.45, 7) is 2.12. The minimum absolute atomic E-state index is 0.00111. The third-order valence-corrected chi connectivity index (χ3v) is 3.22. The fraction of sp³-hybridized carbons (Fsp3) is 0.250. The van der Waals surface area contributed by atoms with Crippen LogP contribution in [-0.4, -0.2) is 7.11 Å². The Bertz CT molecular complexity index is 522. The van der Waals surface area contributed by atoms with Gasteiger partial charge in [-0.2, -0.15) is 0 Å². The number of nitrogens with two attached hydrogens (primary N) is 1. The van der Waals surface area contributed by atoms with Crippen LogP contribution in [0.4, 0.5) is 0 Å². The van der Waals surface area contributed by atoms with E-state index < -0.39 is 0 Å². The van der Waals surface area contributed by atoms with Gasteiger partial charge in [0, 0.05) is 6.04 Å². The van der Waals surface area contributed by atoms with E-state index in [0.717, 1.165) is 17.7 Å². The van der Waals surface area contributed by atoms with Crippen LogP contribution in [0.1, 0.15) is 22.7 Å². The summed E-state index contributed by atoms with van der Waals surface area (Å²) in [6, 6.07) is 16.3. The van der Waals surface area contributed by atoms with Crippen molar-refractivity contribution >= 4 is 0 Å². The molecule has 2 rings (SSSR count). The van der Waals surface area contributed by atoms with Crippen molar-refractivity contribution in [1.29, 1.82) is 0 Å². The van der Waals surface area contributed by atoms with Crippen molar-refractivity contribution in [1.82, 2.24) is 0 Å². The molecule has 18 heavy (non-hydrogen) atoms.